The van der Waals surface area contributed by atoms with E-state index in [4.69, 9.17) is 14.0 Å². The Hall–Kier alpha value is -1.04. The molecule has 2 aliphatic rings. The van der Waals surface area contributed by atoms with Crippen molar-refractivity contribution in [1.82, 2.24) is 0 Å². The van der Waals surface area contributed by atoms with Crippen molar-refractivity contribution in [1.29, 1.82) is 0 Å². The summed E-state index contributed by atoms with van der Waals surface area (Å²) >= 11 is 0. The molecule has 1 N–H and O–H groups in total. The van der Waals surface area contributed by atoms with Gasteiger partial charge in [0.2, 0.25) is 0 Å². The van der Waals surface area contributed by atoms with Crippen molar-refractivity contribution in [3.8, 4) is 5.75 Å². The molecule has 0 aromatic heterocycles. The third-order valence-electron chi connectivity index (χ3n) is 4.74. The van der Waals surface area contributed by atoms with Crippen molar-refractivity contribution in [3.63, 3.8) is 0 Å². The van der Waals surface area contributed by atoms with Crippen LogP contribution in [-0.4, -0.2) is 35.6 Å². The molecule has 21 heavy (non-hydrogen) atoms. The molecule has 1 saturated carbocycles. The lowest BCUT2D eigenvalue weighted by molar-refractivity contribution is 0.00578. The molecule has 0 bridgehead atoms. The van der Waals surface area contributed by atoms with Crippen LogP contribution in [0.5, 0.6) is 5.75 Å². The van der Waals surface area contributed by atoms with Crippen molar-refractivity contribution in [3.05, 3.63) is 24.3 Å². The lowest BCUT2D eigenvalue weighted by Gasteiger charge is -2.32. The van der Waals surface area contributed by atoms with E-state index in [0.717, 1.165) is 24.1 Å². The molecule has 0 unspecified atom stereocenters. The van der Waals surface area contributed by atoms with Gasteiger partial charge in [-0.15, -0.1) is 0 Å². The predicted molar refractivity (Wildman–Crippen MR) is 81.8 cm³/mol. The van der Waals surface area contributed by atoms with E-state index in [1.807, 2.05) is 52.0 Å². The van der Waals surface area contributed by atoms with Gasteiger partial charge in [0.1, 0.15) is 12.4 Å². The smallest absolute Gasteiger partial charge is 0.491 e. The van der Waals surface area contributed by atoms with Crippen molar-refractivity contribution >= 4 is 12.6 Å². The summed E-state index contributed by atoms with van der Waals surface area (Å²) in [5.74, 6) is 0.760. The van der Waals surface area contributed by atoms with E-state index in [2.05, 4.69) is 0 Å². The van der Waals surface area contributed by atoms with Crippen LogP contribution in [0.25, 0.3) is 0 Å². The summed E-state index contributed by atoms with van der Waals surface area (Å²) in [6.45, 7) is 8.53. The highest BCUT2D eigenvalue weighted by molar-refractivity contribution is 6.62. The van der Waals surface area contributed by atoms with Gasteiger partial charge >= 0.3 is 7.12 Å². The van der Waals surface area contributed by atoms with Gasteiger partial charge in [-0.25, -0.2) is 0 Å². The molecule has 1 saturated heterocycles. The third kappa shape index (κ3) is 2.96. The van der Waals surface area contributed by atoms with E-state index in [0.29, 0.717) is 6.61 Å². The maximum atomic E-state index is 9.77. The van der Waals surface area contributed by atoms with Crippen LogP contribution in [0.1, 0.15) is 40.5 Å². The zero-order valence-corrected chi connectivity index (χ0v) is 13.2. The van der Waals surface area contributed by atoms with Gasteiger partial charge in [0.15, 0.2) is 0 Å². The molecule has 1 aliphatic carbocycles. The first kappa shape index (κ1) is 14.9. The van der Waals surface area contributed by atoms with Crippen LogP contribution in [0, 0.1) is 0 Å². The molecular weight excluding hydrogens is 267 g/mol. The largest absolute Gasteiger partial charge is 0.494 e. The third-order valence-corrected chi connectivity index (χ3v) is 4.74. The fraction of sp³-hybridized carbons (Fsp3) is 0.625. The Labute approximate surface area is 126 Å². The fourth-order valence-electron chi connectivity index (χ4n) is 2.21. The normalized spacial score (nSPS) is 24.9. The number of hydrogen-bond acceptors (Lipinski definition) is 4. The molecule has 1 aliphatic heterocycles. The minimum Gasteiger partial charge on any atom is -0.491 e. The van der Waals surface area contributed by atoms with Gasteiger partial charge in [0.25, 0.3) is 0 Å². The van der Waals surface area contributed by atoms with Crippen molar-refractivity contribution < 1.29 is 19.2 Å². The summed E-state index contributed by atoms with van der Waals surface area (Å²) in [5.41, 5.74) is -0.277. The molecule has 3 rings (SSSR count). The van der Waals surface area contributed by atoms with Crippen molar-refractivity contribution in [2.45, 2.75) is 57.3 Å². The van der Waals surface area contributed by atoms with Crippen molar-refractivity contribution in [2.75, 3.05) is 6.61 Å². The lowest BCUT2D eigenvalue weighted by Crippen LogP contribution is -2.41. The Morgan fingerprint density at radius 3 is 2.05 bits per heavy atom. The van der Waals surface area contributed by atoms with Crippen LogP contribution in [0.3, 0.4) is 0 Å². The Balaban J connectivity index is 1.65. The highest BCUT2D eigenvalue weighted by atomic mass is 16.7. The molecule has 2 fully saturated rings. The standard InChI is InChI=1S/C16H23BO4/c1-14(2)15(3,4)21-17(20-14)12-5-7-13(8-6-12)19-11-16(18)9-10-16/h5-8,18H,9-11H2,1-4H3. The molecule has 4 nitrogen and oxygen atoms in total. The maximum Gasteiger partial charge on any atom is 0.494 e. The van der Waals surface area contributed by atoms with Gasteiger partial charge in [0, 0.05) is 0 Å². The summed E-state index contributed by atoms with van der Waals surface area (Å²) in [7, 11) is -0.350. The molecule has 1 aromatic rings. The van der Waals surface area contributed by atoms with Crippen LogP contribution in [0.15, 0.2) is 24.3 Å². The summed E-state index contributed by atoms with van der Waals surface area (Å²) < 4.78 is 17.6. The first-order valence-corrected chi connectivity index (χ1v) is 7.52. The van der Waals surface area contributed by atoms with Gasteiger partial charge in [-0.2, -0.15) is 0 Å². The van der Waals surface area contributed by atoms with Gasteiger partial charge in [-0.1, -0.05) is 12.1 Å². The Morgan fingerprint density at radius 2 is 1.57 bits per heavy atom. The summed E-state index contributed by atoms with van der Waals surface area (Å²) in [4.78, 5) is 0. The highest BCUT2D eigenvalue weighted by Crippen LogP contribution is 2.37. The minimum atomic E-state index is -0.593. The number of aliphatic hydroxyl groups is 1. The van der Waals surface area contributed by atoms with Gasteiger partial charge < -0.3 is 19.2 Å². The zero-order chi connectivity index (χ0) is 15.3. The monoisotopic (exact) mass is 290 g/mol. The number of hydrogen-bond donors (Lipinski definition) is 1. The second kappa shape index (κ2) is 4.73. The SMILES string of the molecule is CC1(C)OB(c2ccc(OCC3(O)CC3)cc2)OC1(C)C. The number of benzene rings is 1. The Morgan fingerprint density at radius 1 is 1.05 bits per heavy atom. The van der Waals surface area contributed by atoms with Crippen LogP contribution < -0.4 is 10.2 Å². The van der Waals surface area contributed by atoms with E-state index in [1.54, 1.807) is 0 Å². The van der Waals surface area contributed by atoms with E-state index in [-0.39, 0.29) is 18.3 Å². The Bertz CT molecular complexity index is 504. The zero-order valence-electron chi connectivity index (χ0n) is 13.2. The van der Waals surface area contributed by atoms with E-state index < -0.39 is 5.60 Å². The van der Waals surface area contributed by atoms with Crippen LogP contribution in [-0.2, 0) is 9.31 Å². The summed E-state index contributed by atoms with van der Waals surface area (Å²) in [6, 6.07) is 7.70. The quantitative estimate of drug-likeness (QED) is 0.860. The number of rotatable bonds is 4. The second-order valence-electron chi connectivity index (χ2n) is 7.17. The average molecular weight is 290 g/mol. The van der Waals surface area contributed by atoms with Crippen LogP contribution in [0.2, 0.25) is 0 Å². The average Bonchev–Trinajstić information content (AvgIpc) is 3.09. The number of ether oxygens (including phenoxy) is 1. The second-order valence-corrected chi connectivity index (χ2v) is 7.17. The molecule has 0 radical (unpaired) electrons. The predicted octanol–water partition coefficient (Wildman–Crippen LogP) is 1.89. The molecule has 0 spiro atoms. The van der Waals surface area contributed by atoms with Gasteiger partial charge in [-0.05, 0) is 58.1 Å². The van der Waals surface area contributed by atoms with Crippen molar-refractivity contribution in [2.24, 2.45) is 0 Å². The molecule has 114 valence electrons. The first-order chi connectivity index (χ1) is 9.71. The molecule has 1 aromatic carbocycles. The highest BCUT2D eigenvalue weighted by Gasteiger charge is 2.51. The van der Waals surface area contributed by atoms with E-state index in [1.165, 1.54) is 0 Å². The maximum absolute atomic E-state index is 9.77. The lowest BCUT2D eigenvalue weighted by atomic mass is 9.79. The van der Waals surface area contributed by atoms with E-state index in [9.17, 15) is 5.11 Å². The Kier molecular flexibility index (Phi) is 3.35. The molecule has 1 heterocycles. The topological polar surface area (TPSA) is 47.9 Å². The molecular formula is C16H23BO4. The van der Waals surface area contributed by atoms with Gasteiger partial charge in [0.05, 0.1) is 16.8 Å². The summed E-state index contributed by atoms with van der Waals surface area (Å²) in [5, 5.41) is 9.77. The van der Waals surface area contributed by atoms with Crippen LogP contribution >= 0.6 is 0 Å². The minimum absolute atomic E-state index is 0.331. The first-order valence-electron chi connectivity index (χ1n) is 7.52. The van der Waals surface area contributed by atoms with Gasteiger partial charge in [-0.3, -0.25) is 0 Å². The fourth-order valence-corrected chi connectivity index (χ4v) is 2.21. The molecule has 5 heteroatoms. The summed E-state index contributed by atoms with van der Waals surface area (Å²) in [6.07, 6.45) is 1.66. The molecule has 0 amide bonds. The van der Waals surface area contributed by atoms with Crippen LogP contribution in [0.4, 0.5) is 0 Å². The van der Waals surface area contributed by atoms with E-state index >= 15 is 0 Å². The molecule has 0 atom stereocenters.